The van der Waals surface area contributed by atoms with E-state index in [1.165, 1.54) is 22.5 Å². The number of carbonyl (C=O) groups is 1. The summed E-state index contributed by atoms with van der Waals surface area (Å²) in [6.07, 6.45) is 0. The lowest BCUT2D eigenvalue weighted by Gasteiger charge is -2.36. The average molecular weight is 499 g/mol. The monoisotopic (exact) mass is 498 g/mol. The summed E-state index contributed by atoms with van der Waals surface area (Å²) >= 11 is 2.90. The van der Waals surface area contributed by atoms with E-state index in [9.17, 15) is 17.6 Å². The summed E-state index contributed by atoms with van der Waals surface area (Å²) in [7, 11) is -3.64. The number of nitrogens with one attached hydrogen (secondary N) is 1. The van der Waals surface area contributed by atoms with Crippen LogP contribution >= 0.6 is 23.1 Å². The standard InChI is InChI=1S/C21H27FN4O3S3/c22-17-1-3-18(4-2-17)25-10-8-24(9-11-25)7-6-23-21(27)20-19(5-14-31-20)32(28,29)26-12-15-30-16-13-26/h1-5,14H,6-13,15-16H2,(H,23,27). The van der Waals surface area contributed by atoms with Crippen molar-refractivity contribution in [3.05, 3.63) is 46.4 Å². The van der Waals surface area contributed by atoms with Crippen molar-refractivity contribution in [2.75, 3.05) is 68.8 Å². The van der Waals surface area contributed by atoms with Gasteiger partial charge < -0.3 is 10.2 Å². The fraction of sp³-hybridized carbons (Fsp3) is 0.476. The van der Waals surface area contributed by atoms with Gasteiger partial charge in [0.2, 0.25) is 10.0 Å². The molecule has 2 aromatic rings. The minimum absolute atomic E-state index is 0.111. The topological polar surface area (TPSA) is 73.0 Å². The molecule has 2 aliphatic rings. The number of hydrogen-bond acceptors (Lipinski definition) is 7. The summed E-state index contributed by atoms with van der Waals surface area (Å²) in [5, 5.41) is 4.55. The van der Waals surface area contributed by atoms with Crippen molar-refractivity contribution in [1.82, 2.24) is 14.5 Å². The molecule has 1 aromatic heterocycles. The zero-order valence-electron chi connectivity index (χ0n) is 17.7. The summed E-state index contributed by atoms with van der Waals surface area (Å²) < 4.78 is 40.5. The lowest BCUT2D eigenvalue weighted by Crippen LogP contribution is -2.48. The molecule has 1 aromatic carbocycles. The van der Waals surface area contributed by atoms with Gasteiger partial charge in [0.15, 0.2) is 0 Å². The Morgan fingerprint density at radius 3 is 2.38 bits per heavy atom. The maximum atomic E-state index is 13.1. The molecule has 2 saturated heterocycles. The van der Waals surface area contributed by atoms with Crippen LogP contribution in [0, 0.1) is 5.82 Å². The molecule has 2 aliphatic heterocycles. The normalized spacial score (nSPS) is 18.6. The van der Waals surface area contributed by atoms with Crippen LogP contribution in [0.25, 0.3) is 0 Å². The van der Waals surface area contributed by atoms with Crippen LogP contribution in [0.4, 0.5) is 10.1 Å². The molecule has 1 N–H and O–H groups in total. The number of nitrogens with zero attached hydrogens (tertiary/aromatic N) is 3. The van der Waals surface area contributed by atoms with Crippen molar-refractivity contribution < 1.29 is 17.6 Å². The fourth-order valence-corrected chi connectivity index (χ4v) is 7.77. The summed E-state index contributed by atoms with van der Waals surface area (Å²) in [6.45, 7) is 5.47. The van der Waals surface area contributed by atoms with E-state index >= 15 is 0 Å². The molecule has 32 heavy (non-hydrogen) atoms. The SMILES string of the molecule is O=C(NCCN1CCN(c2ccc(F)cc2)CC1)c1sccc1S(=O)(=O)N1CCSCC1. The van der Waals surface area contributed by atoms with Crippen LogP contribution in [0.5, 0.6) is 0 Å². The molecular weight excluding hydrogens is 471 g/mol. The molecule has 3 heterocycles. The Hall–Kier alpha value is -1.66. The Kier molecular flexibility index (Phi) is 7.72. The minimum Gasteiger partial charge on any atom is -0.369 e. The van der Waals surface area contributed by atoms with Gasteiger partial charge in [-0.25, -0.2) is 12.8 Å². The van der Waals surface area contributed by atoms with Crippen LogP contribution < -0.4 is 10.2 Å². The number of carbonyl (C=O) groups excluding carboxylic acids is 1. The zero-order valence-corrected chi connectivity index (χ0v) is 20.2. The number of anilines is 1. The van der Waals surface area contributed by atoms with Gasteiger partial charge in [0.25, 0.3) is 5.91 Å². The number of sulfonamides is 1. The Morgan fingerprint density at radius 2 is 1.69 bits per heavy atom. The van der Waals surface area contributed by atoms with Crippen LogP contribution in [0.1, 0.15) is 9.67 Å². The van der Waals surface area contributed by atoms with Gasteiger partial charge in [-0.1, -0.05) is 0 Å². The van der Waals surface area contributed by atoms with E-state index in [4.69, 9.17) is 0 Å². The summed E-state index contributed by atoms with van der Waals surface area (Å²) in [6, 6.07) is 8.06. The second-order valence-electron chi connectivity index (χ2n) is 7.69. The third kappa shape index (κ3) is 5.45. The lowest BCUT2D eigenvalue weighted by atomic mass is 10.2. The number of rotatable bonds is 7. The first kappa shape index (κ1) is 23.5. The number of thiophene rings is 1. The van der Waals surface area contributed by atoms with Crippen LogP contribution in [0.2, 0.25) is 0 Å². The van der Waals surface area contributed by atoms with Crippen molar-refractivity contribution in [2.24, 2.45) is 0 Å². The molecule has 0 spiro atoms. The summed E-state index contributed by atoms with van der Waals surface area (Å²) in [4.78, 5) is 17.6. The van der Waals surface area contributed by atoms with Gasteiger partial charge in [-0.3, -0.25) is 9.69 Å². The van der Waals surface area contributed by atoms with Gasteiger partial charge in [-0.05, 0) is 35.7 Å². The van der Waals surface area contributed by atoms with Gasteiger partial charge in [0.1, 0.15) is 15.6 Å². The van der Waals surface area contributed by atoms with E-state index in [0.717, 1.165) is 54.7 Å². The van der Waals surface area contributed by atoms with Crippen LogP contribution in [0.3, 0.4) is 0 Å². The Bertz CT molecular complexity index is 1020. The van der Waals surface area contributed by atoms with Gasteiger partial charge in [0, 0.05) is 69.6 Å². The number of thioether (sulfide) groups is 1. The highest BCUT2D eigenvalue weighted by molar-refractivity contribution is 7.99. The van der Waals surface area contributed by atoms with Crippen molar-refractivity contribution >= 4 is 44.7 Å². The first-order valence-corrected chi connectivity index (χ1v) is 14.1. The van der Waals surface area contributed by atoms with Gasteiger partial charge in [-0.15, -0.1) is 11.3 Å². The van der Waals surface area contributed by atoms with Crippen LogP contribution in [-0.4, -0.2) is 87.4 Å². The number of benzene rings is 1. The summed E-state index contributed by atoms with van der Waals surface area (Å²) in [5.74, 6) is 0.980. The van der Waals surface area contributed by atoms with Crippen LogP contribution in [0.15, 0.2) is 40.6 Å². The highest BCUT2D eigenvalue weighted by Crippen LogP contribution is 2.27. The van der Waals surface area contributed by atoms with Crippen molar-refractivity contribution in [3.8, 4) is 0 Å². The lowest BCUT2D eigenvalue weighted by molar-refractivity contribution is 0.0948. The van der Waals surface area contributed by atoms with Crippen molar-refractivity contribution in [3.63, 3.8) is 0 Å². The number of piperazine rings is 1. The van der Waals surface area contributed by atoms with Gasteiger partial charge >= 0.3 is 0 Å². The number of amides is 1. The van der Waals surface area contributed by atoms with E-state index in [-0.39, 0.29) is 21.5 Å². The molecule has 0 unspecified atom stereocenters. The highest BCUT2D eigenvalue weighted by atomic mass is 32.2. The number of halogens is 1. The molecule has 174 valence electrons. The van der Waals surface area contributed by atoms with Gasteiger partial charge in [-0.2, -0.15) is 16.1 Å². The molecule has 0 atom stereocenters. The smallest absolute Gasteiger partial charge is 0.262 e. The van der Waals surface area contributed by atoms with Gasteiger partial charge in [0.05, 0.1) is 0 Å². The molecule has 7 nitrogen and oxygen atoms in total. The predicted molar refractivity (Wildman–Crippen MR) is 128 cm³/mol. The maximum absolute atomic E-state index is 13.1. The third-order valence-corrected chi connectivity index (χ3v) is 9.63. The molecule has 2 fully saturated rings. The molecule has 1 amide bonds. The summed E-state index contributed by atoms with van der Waals surface area (Å²) in [5.41, 5.74) is 1.01. The zero-order chi connectivity index (χ0) is 22.6. The number of hydrogen-bond donors (Lipinski definition) is 1. The molecule has 0 radical (unpaired) electrons. The van der Waals surface area contributed by atoms with E-state index in [0.29, 0.717) is 26.2 Å². The molecule has 0 bridgehead atoms. The minimum atomic E-state index is -3.64. The molecule has 0 aliphatic carbocycles. The fourth-order valence-electron chi connectivity index (χ4n) is 3.88. The largest absolute Gasteiger partial charge is 0.369 e. The highest BCUT2D eigenvalue weighted by Gasteiger charge is 2.31. The molecule has 0 saturated carbocycles. The van der Waals surface area contributed by atoms with E-state index < -0.39 is 10.0 Å². The van der Waals surface area contributed by atoms with Crippen molar-refractivity contribution in [2.45, 2.75) is 4.90 Å². The maximum Gasteiger partial charge on any atom is 0.262 e. The van der Waals surface area contributed by atoms with Crippen LogP contribution in [-0.2, 0) is 10.0 Å². The Morgan fingerprint density at radius 1 is 1.00 bits per heavy atom. The molecular formula is C21H27FN4O3S3. The quantitative estimate of drug-likeness (QED) is 0.631. The third-order valence-electron chi connectivity index (χ3n) is 5.70. The second-order valence-corrected chi connectivity index (χ2v) is 11.7. The predicted octanol–water partition coefficient (Wildman–Crippen LogP) is 2.18. The van der Waals surface area contributed by atoms with E-state index in [1.54, 1.807) is 29.3 Å². The second kappa shape index (κ2) is 10.5. The first-order chi connectivity index (χ1) is 15.4. The average Bonchev–Trinajstić information content (AvgIpc) is 3.32. The first-order valence-electron chi connectivity index (χ1n) is 10.6. The Balaban J connectivity index is 1.26. The Labute approximate surface area is 196 Å². The molecule has 11 heteroatoms. The van der Waals surface area contributed by atoms with Crippen molar-refractivity contribution in [1.29, 1.82) is 0 Å². The van der Waals surface area contributed by atoms with E-state index in [2.05, 4.69) is 15.1 Å². The van der Waals surface area contributed by atoms with E-state index in [1.807, 2.05) is 0 Å². The molecule has 4 rings (SSSR count).